The van der Waals surface area contributed by atoms with Crippen molar-refractivity contribution in [2.45, 2.75) is 82.7 Å². The lowest BCUT2D eigenvalue weighted by atomic mass is 9.68. The largest absolute Gasteiger partial charge is 0.505 e. The molecule has 8 heteroatoms. The van der Waals surface area contributed by atoms with Gasteiger partial charge in [0.2, 0.25) is 17.8 Å². The molecule has 32 heavy (non-hydrogen) atoms. The third-order valence-electron chi connectivity index (χ3n) is 7.39. The summed E-state index contributed by atoms with van der Waals surface area (Å²) in [7, 11) is 0. The molecule has 7 nitrogen and oxygen atoms in total. The molecule has 4 N–H and O–H groups in total. The van der Waals surface area contributed by atoms with E-state index in [1.165, 1.54) is 69.9 Å². The molecule has 172 valence electrons. The predicted octanol–water partition coefficient (Wildman–Crippen LogP) is 5.59. The van der Waals surface area contributed by atoms with Crippen LogP contribution in [0.3, 0.4) is 0 Å². The van der Waals surface area contributed by atoms with E-state index in [-0.39, 0.29) is 5.75 Å². The van der Waals surface area contributed by atoms with Crippen molar-refractivity contribution in [1.29, 1.82) is 0 Å². The van der Waals surface area contributed by atoms with E-state index in [0.717, 1.165) is 18.8 Å². The van der Waals surface area contributed by atoms with Gasteiger partial charge in [-0.25, -0.2) is 4.39 Å². The van der Waals surface area contributed by atoms with Gasteiger partial charge in [-0.05, 0) is 56.1 Å². The first kappa shape index (κ1) is 21.2. The molecule has 4 saturated carbocycles. The molecule has 2 bridgehead atoms. The van der Waals surface area contributed by atoms with Crippen molar-refractivity contribution in [3.05, 3.63) is 24.0 Å². The van der Waals surface area contributed by atoms with Gasteiger partial charge < -0.3 is 21.1 Å². The van der Waals surface area contributed by atoms with Crippen LogP contribution in [0.25, 0.3) is 0 Å². The van der Waals surface area contributed by atoms with Gasteiger partial charge in [0.15, 0.2) is 11.6 Å². The quantitative estimate of drug-likeness (QED) is 0.344. The van der Waals surface area contributed by atoms with Gasteiger partial charge in [0.05, 0.1) is 0 Å². The molecule has 0 spiro atoms. The van der Waals surface area contributed by atoms with Crippen LogP contribution in [0.2, 0.25) is 0 Å². The average Bonchev–Trinajstić information content (AvgIpc) is 3.06. The molecule has 0 radical (unpaired) electrons. The van der Waals surface area contributed by atoms with Crippen molar-refractivity contribution in [3.63, 3.8) is 0 Å². The Labute approximate surface area is 188 Å². The number of hydrogen-bond donors (Lipinski definition) is 4. The van der Waals surface area contributed by atoms with E-state index in [2.05, 4.69) is 25.9 Å². The van der Waals surface area contributed by atoms with Gasteiger partial charge >= 0.3 is 0 Å². The summed E-state index contributed by atoms with van der Waals surface area (Å²) in [5, 5.41) is 19.7. The number of aromatic nitrogens is 3. The lowest BCUT2D eigenvalue weighted by Crippen LogP contribution is -2.40. The van der Waals surface area contributed by atoms with Crippen LogP contribution in [0.5, 0.6) is 5.75 Å². The summed E-state index contributed by atoms with van der Waals surface area (Å²) >= 11 is 0. The van der Waals surface area contributed by atoms with E-state index in [4.69, 9.17) is 4.98 Å². The van der Waals surface area contributed by atoms with Crippen LogP contribution < -0.4 is 16.0 Å². The summed E-state index contributed by atoms with van der Waals surface area (Å²) in [6.07, 6.45) is 13.6. The summed E-state index contributed by atoms with van der Waals surface area (Å²) < 4.78 is 13.8. The van der Waals surface area contributed by atoms with Gasteiger partial charge in [-0.15, -0.1) is 0 Å². The highest BCUT2D eigenvalue weighted by molar-refractivity contribution is 5.57. The standard InChI is InChI=1S/C24H33FN6O/c25-19-14-18(11-12-21(19)32)27-23-29-22(26-17-5-3-1-2-4-6-17)30-24(31-23)28-20-13-15-7-9-16(20)10-8-15/h11-12,14-17,20,32H,1-10,13H2,(H3,26,27,28,29,30,31). The number of benzene rings is 1. The van der Waals surface area contributed by atoms with Crippen LogP contribution in [0, 0.1) is 17.7 Å². The SMILES string of the molecule is Oc1ccc(Nc2nc(NC3CCCCCC3)nc(NC3CC4CCC3CC4)n2)cc1F. The van der Waals surface area contributed by atoms with Gasteiger partial charge in [0, 0.05) is 23.8 Å². The number of nitrogens with one attached hydrogen (secondary N) is 3. The number of phenolic OH excluding ortho intramolecular Hbond substituents is 1. The lowest BCUT2D eigenvalue weighted by Gasteiger charge is -2.42. The molecular weight excluding hydrogens is 407 g/mol. The van der Waals surface area contributed by atoms with E-state index in [1.54, 1.807) is 6.07 Å². The van der Waals surface area contributed by atoms with E-state index >= 15 is 0 Å². The molecule has 6 rings (SSSR count). The third-order valence-corrected chi connectivity index (χ3v) is 7.39. The van der Waals surface area contributed by atoms with Crippen molar-refractivity contribution < 1.29 is 9.50 Å². The van der Waals surface area contributed by atoms with Gasteiger partial charge in [0.25, 0.3) is 0 Å². The topological polar surface area (TPSA) is 95.0 Å². The van der Waals surface area contributed by atoms with E-state index in [0.29, 0.717) is 41.5 Å². The Morgan fingerprint density at radius 2 is 1.50 bits per heavy atom. The van der Waals surface area contributed by atoms with Crippen LogP contribution in [0.1, 0.15) is 70.6 Å². The molecule has 1 aromatic carbocycles. The third kappa shape index (κ3) is 5.05. The number of hydrogen-bond acceptors (Lipinski definition) is 7. The van der Waals surface area contributed by atoms with Crippen molar-refractivity contribution in [2.75, 3.05) is 16.0 Å². The first-order valence-corrected chi connectivity index (χ1v) is 12.2. The van der Waals surface area contributed by atoms with Crippen LogP contribution in [-0.4, -0.2) is 32.1 Å². The zero-order valence-corrected chi connectivity index (χ0v) is 18.5. The Hall–Kier alpha value is -2.64. The maximum Gasteiger partial charge on any atom is 0.233 e. The maximum absolute atomic E-state index is 13.8. The Kier molecular flexibility index (Phi) is 6.28. The molecule has 0 amide bonds. The van der Waals surface area contributed by atoms with Crippen molar-refractivity contribution in [1.82, 2.24) is 15.0 Å². The highest BCUT2D eigenvalue weighted by Crippen LogP contribution is 2.42. The molecule has 0 aliphatic heterocycles. The van der Waals surface area contributed by atoms with Crippen molar-refractivity contribution in [3.8, 4) is 5.75 Å². The summed E-state index contributed by atoms with van der Waals surface area (Å²) in [5.41, 5.74) is 0.481. The molecule has 4 fully saturated rings. The highest BCUT2D eigenvalue weighted by Gasteiger charge is 2.36. The molecule has 4 aliphatic carbocycles. The van der Waals surface area contributed by atoms with Crippen LogP contribution in [0.15, 0.2) is 18.2 Å². The Bertz CT molecular complexity index is 925. The van der Waals surface area contributed by atoms with Gasteiger partial charge in [0.1, 0.15) is 0 Å². The number of nitrogens with zero attached hydrogens (tertiary/aromatic N) is 3. The van der Waals surface area contributed by atoms with E-state index in [1.807, 2.05) is 0 Å². The summed E-state index contributed by atoms with van der Waals surface area (Å²) in [4.78, 5) is 13.9. The summed E-state index contributed by atoms with van der Waals surface area (Å²) in [6.45, 7) is 0. The molecule has 1 atom stereocenters. The van der Waals surface area contributed by atoms with Crippen molar-refractivity contribution >= 4 is 23.5 Å². The van der Waals surface area contributed by atoms with Crippen LogP contribution in [0.4, 0.5) is 27.9 Å². The zero-order valence-electron chi connectivity index (χ0n) is 18.5. The smallest absolute Gasteiger partial charge is 0.233 e. The van der Waals surface area contributed by atoms with Gasteiger partial charge in [-0.2, -0.15) is 15.0 Å². The molecule has 4 aliphatic rings. The molecule has 0 saturated heterocycles. The number of anilines is 4. The fraction of sp³-hybridized carbons (Fsp3) is 0.625. The Balaban J connectivity index is 1.37. The predicted molar refractivity (Wildman–Crippen MR) is 124 cm³/mol. The number of aromatic hydroxyl groups is 1. The van der Waals surface area contributed by atoms with Crippen LogP contribution in [-0.2, 0) is 0 Å². The molecule has 1 heterocycles. The number of phenols is 1. The number of halogens is 1. The normalized spacial score (nSPS) is 25.8. The fourth-order valence-corrected chi connectivity index (χ4v) is 5.60. The van der Waals surface area contributed by atoms with Crippen LogP contribution >= 0.6 is 0 Å². The lowest BCUT2D eigenvalue weighted by molar-refractivity contribution is 0.157. The van der Waals surface area contributed by atoms with E-state index < -0.39 is 5.82 Å². The molecule has 2 aromatic rings. The van der Waals surface area contributed by atoms with Gasteiger partial charge in [-0.3, -0.25) is 0 Å². The molecular formula is C24H33FN6O. The minimum Gasteiger partial charge on any atom is -0.505 e. The second kappa shape index (κ2) is 9.46. The number of rotatable bonds is 6. The van der Waals surface area contributed by atoms with E-state index in [9.17, 15) is 9.50 Å². The summed E-state index contributed by atoms with van der Waals surface area (Å²) in [6, 6.07) is 4.92. The average molecular weight is 441 g/mol. The molecule has 1 aromatic heterocycles. The van der Waals surface area contributed by atoms with Gasteiger partial charge in [-0.1, -0.05) is 38.5 Å². The minimum atomic E-state index is -0.683. The number of fused-ring (bicyclic) bond motifs is 3. The second-order valence-corrected chi connectivity index (χ2v) is 9.70. The highest BCUT2D eigenvalue weighted by atomic mass is 19.1. The monoisotopic (exact) mass is 440 g/mol. The molecule has 1 unspecified atom stereocenters. The fourth-order valence-electron chi connectivity index (χ4n) is 5.60. The van der Waals surface area contributed by atoms with Crippen molar-refractivity contribution in [2.24, 2.45) is 11.8 Å². The Morgan fingerprint density at radius 1 is 0.812 bits per heavy atom. The second-order valence-electron chi connectivity index (χ2n) is 9.70. The minimum absolute atomic E-state index is 0.359. The summed E-state index contributed by atoms with van der Waals surface area (Å²) in [5.74, 6) is 1.91. The zero-order chi connectivity index (χ0) is 21.9. The first-order chi connectivity index (χ1) is 15.6. The maximum atomic E-state index is 13.8. The Morgan fingerprint density at radius 3 is 2.16 bits per heavy atom. The first-order valence-electron chi connectivity index (χ1n) is 12.2.